The maximum absolute atomic E-state index is 2.56. The number of thiophene rings is 1. The second-order valence-corrected chi connectivity index (χ2v) is 27.7. The molecule has 2 heteroatoms. The summed E-state index contributed by atoms with van der Waals surface area (Å²) in [6, 6.07) is 4.97. The monoisotopic (exact) mass is 556 g/mol. The van der Waals surface area contributed by atoms with E-state index in [1.165, 1.54) is 122 Å². The Bertz CT molecular complexity index is 493. The zero-order valence-electron chi connectivity index (χ0n) is 22.1. The van der Waals surface area contributed by atoms with E-state index >= 15 is 0 Å². The standard InChI is InChI=1S/C26H47S.3CH3.Sn/c1-3-5-7-9-11-13-15-17-20-25(24-26-22-19-23-27-26)21-18-16-14-12-10-8-6-4-2;;;;/h19,22,25H,3-18,20-21,24H2,1-2H3;3*1H3;. The first kappa shape index (κ1) is 29.5. The Kier molecular flexibility index (Phi) is 18.0. The van der Waals surface area contributed by atoms with Crippen LogP contribution < -0.4 is 2.89 Å². The van der Waals surface area contributed by atoms with Crippen LogP contribution in [0.2, 0.25) is 14.8 Å². The van der Waals surface area contributed by atoms with Crippen LogP contribution in [0.4, 0.5) is 0 Å². The molecule has 0 fully saturated rings. The summed E-state index contributed by atoms with van der Waals surface area (Å²) >= 11 is 0.286. The average Bonchev–Trinajstić information content (AvgIpc) is 3.21. The molecule has 0 saturated carbocycles. The van der Waals surface area contributed by atoms with Crippen LogP contribution >= 0.6 is 11.3 Å². The Morgan fingerprint density at radius 1 is 0.613 bits per heavy atom. The molecule has 0 atom stereocenters. The molecule has 0 nitrogen and oxygen atoms in total. The molecule has 31 heavy (non-hydrogen) atoms. The molecule has 0 aliphatic rings. The molecule has 0 bridgehead atoms. The van der Waals surface area contributed by atoms with Crippen LogP contribution in [-0.4, -0.2) is 18.4 Å². The van der Waals surface area contributed by atoms with Gasteiger partial charge in [0, 0.05) is 0 Å². The van der Waals surface area contributed by atoms with Gasteiger partial charge in [0.15, 0.2) is 0 Å². The molecule has 0 unspecified atom stereocenters. The van der Waals surface area contributed by atoms with Crippen molar-refractivity contribution in [2.75, 3.05) is 0 Å². The van der Waals surface area contributed by atoms with Crippen LogP contribution in [0.5, 0.6) is 0 Å². The summed E-state index contributed by atoms with van der Waals surface area (Å²) < 4.78 is 1.77. The van der Waals surface area contributed by atoms with Crippen molar-refractivity contribution in [2.24, 2.45) is 5.92 Å². The third-order valence-electron chi connectivity index (χ3n) is 6.82. The van der Waals surface area contributed by atoms with E-state index in [2.05, 4.69) is 52.1 Å². The SMILES string of the molecule is CCCCCCCCCCC(CCCCCCCCCC)Cc1cc[c]([Sn]([CH3])([CH3])[CH3])s1. The van der Waals surface area contributed by atoms with E-state index in [1.807, 2.05) is 0 Å². The predicted octanol–water partition coefficient (Wildman–Crippen LogP) is 10.5. The molecule has 0 aliphatic carbocycles. The van der Waals surface area contributed by atoms with E-state index in [4.69, 9.17) is 0 Å². The van der Waals surface area contributed by atoms with Crippen molar-refractivity contribution in [2.45, 2.75) is 151 Å². The first-order chi connectivity index (χ1) is 15.0. The molecule has 0 amide bonds. The third kappa shape index (κ3) is 15.9. The molecule has 1 heterocycles. The number of rotatable bonds is 21. The van der Waals surface area contributed by atoms with Gasteiger partial charge in [-0.3, -0.25) is 0 Å². The molecule has 0 aromatic carbocycles. The minimum absolute atomic E-state index is 0.932. The maximum atomic E-state index is 2.56. The van der Waals surface area contributed by atoms with Gasteiger partial charge in [0.25, 0.3) is 0 Å². The Hall–Kier alpha value is 0.499. The molecule has 1 aromatic heterocycles. The van der Waals surface area contributed by atoms with Crippen LogP contribution in [0, 0.1) is 5.92 Å². The fraction of sp³-hybridized carbons (Fsp3) is 0.862. The summed E-state index contributed by atoms with van der Waals surface area (Å²) in [7, 11) is 0. The van der Waals surface area contributed by atoms with Gasteiger partial charge in [-0.05, 0) is 0 Å². The molecule has 0 N–H and O–H groups in total. The fourth-order valence-corrected chi connectivity index (χ4v) is 11.2. The van der Waals surface area contributed by atoms with Crippen LogP contribution in [0.15, 0.2) is 12.1 Å². The van der Waals surface area contributed by atoms with Gasteiger partial charge in [-0.2, -0.15) is 0 Å². The van der Waals surface area contributed by atoms with Crippen molar-refractivity contribution >= 4 is 32.6 Å². The number of unbranched alkanes of at least 4 members (excludes halogenated alkanes) is 14. The Morgan fingerprint density at radius 2 is 1.03 bits per heavy atom. The van der Waals surface area contributed by atoms with Crippen molar-refractivity contribution < 1.29 is 0 Å². The topological polar surface area (TPSA) is 0 Å². The van der Waals surface area contributed by atoms with Crippen molar-refractivity contribution in [3.63, 3.8) is 0 Å². The number of hydrogen-bond donors (Lipinski definition) is 0. The Balaban J connectivity index is 2.34. The quantitative estimate of drug-likeness (QED) is 0.105. The molecule has 1 rings (SSSR count). The third-order valence-corrected chi connectivity index (χ3v) is 17.4. The van der Waals surface area contributed by atoms with Crippen molar-refractivity contribution in [1.82, 2.24) is 0 Å². The Labute approximate surface area is 205 Å². The molecule has 0 radical (unpaired) electrons. The molecule has 1 aromatic rings. The van der Waals surface area contributed by atoms with Gasteiger partial charge < -0.3 is 0 Å². The van der Waals surface area contributed by atoms with Gasteiger partial charge in [0.05, 0.1) is 0 Å². The van der Waals surface area contributed by atoms with Crippen LogP contribution in [-0.2, 0) is 6.42 Å². The van der Waals surface area contributed by atoms with Gasteiger partial charge in [-0.25, -0.2) is 0 Å². The average molecular weight is 556 g/mol. The normalized spacial score (nSPS) is 12.2. The van der Waals surface area contributed by atoms with Gasteiger partial charge in [0.1, 0.15) is 0 Å². The van der Waals surface area contributed by atoms with Crippen molar-refractivity contribution in [3.05, 3.63) is 17.0 Å². The summed E-state index contributed by atoms with van der Waals surface area (Å²) in [4.78, 5) is 9.36. The summed E-state index contributed by atoms with van der Waals surface area (Å²) in [5.41, 5.74) is 0. The van der Waals surface area contributed by atoms with E-state index < -0.39 is 18.4 Å². The second-order valence-electron chi connectivity index (χ2n) is 11.1. The van der Waals surface area contributed by atoms with E-state index in [1.54, 1.807) is 7.77 Å². The molecular weight excluding hydrogens is 499 g/mol. The fourth-order valence-electron chi connectivity index (χ4n) is 4.66. The summed E-state index contributed by atoms with van der Waals surface area (Å²) in [5.74, 6) is 0.932. The van der Waals surface area contributed by atoms with E-state index in [0.29, 0.717) is 0 Å². The van der Waals surface area contributed by atoms with E-state index in [9.17, 15) is 0 Å². The summed E-state index contributed by atoms with van der Waals surface area (Å²) in [6.07, 6.45) is 27.5. The van der Waals surface area contributed by atoms with Gasteiger partial charge in [-0.15, -0.1) is 0 Å². The number of hydrogen-bond acceptors (Lipinski definition) is 1. The first-order valence-electron chi connectivity index (χ1n) is 14.1. The predicted molar refractivity (Wildman–Crippen MR) is 149 cm³/mol. The second kappa shape index (κ2) is 18.9. The van der Waals surface area contributed by atoms with Crippen molar-refractivity contribution in [3.8, 4) is 0 Å². The van der Waals surface area contributed by atoms with Crippen LogP contribution in [0.3, 0.4) is 0 Å². The first-order valence-corrected chi connectivity index (χ1v) is 24.9. The minimum atomic E-state index is -1.89. The van der Waals surface area contributed by atoms with E-state index in [0.717, 1.165) is 5.92 Å². The molecule has 0 saturated heterocycles. The molecular formula is C29H56SSn. The molecule has 0 spiro atoms. The van der Waals surface area contributed by atoms with Gasteiger partial charge >= 0.3 is 167 Å². The Morgan fingerprint density at radius 3 is 1.42 bits per heavy atom. The van der Waals surface area contributed by atoms with E-state index in [-0.39, 0.29) is 0 Å². The van der Waals surface area contributed by atoms with Crippen molar-refractivity contribution in [1.29, 1.82) is 0 Å². The van der Waals surface area contributed by atoms with Crippen LogP contribution in [0.25, 0.3) is 0 Å². The zero-order valence-corrected chi connectivity index (χ0v) is 25.7. The summed E-state index contributed by atoms with van der Waals surface area (Å²) in [6.45, 7) is 4.63. The zero-order chi connectivity index (χ0) is 22.8. The van der Waals surface area contributed by atoms with Crippen LogP contribution in [0.1, 0.15) is 134 Å². The van der Waals surface area contributed by atoms with Gasteiger partial charge in [-0.1, -0.05) is 39.5 Å². The molecule has 182 valence electrons. The summed E-state index contributed by atoms with van der Waals surface area (Å²) in [5, 5.41) is 0. The van der Waals surface area contributed by atoms with Gasteiger partial charge in [0.2, 0.25) is 0 Å². The molecule has 0 aliphatic heterocycles.